The van der Waals surface area contributed by atoms with Gasteiger partial charge in [-0.05, 0) is 34.9 Å². The van der Waals surface area contributed by atoms with Crippen LogP contribution in [0.1, 0.15) is 19.5 Å². The molecule has 24 heavy (non-hydrogen) atoms. The Bertz CT molecular complexity index is 814. The third kappa shape index (κ3) is 3.59. The monoisotopic (exact) mass is 336 g/mol. The first kappa shape index (κ1) is 16.5. The number of benzene rings is 2. The minimum atomic E-state index is -0.237. The number of halogens is 1. The Morgan fingerprint density at radius 2 is 1.46 bits per heavy atom. The molecule has 1 heterocycles. The number of hydrogen-bond donors (Lipinski definition) is 0. The fourth-order valence-electron chi connectivity index (χ4n) is 2.82. The molecule has 2 nitrogen and oxygen atoms in total. The average molecular weight is 336 g/mol. The second-order valence-electron chi connectivity index (χ2n) is 5.85. The molecule has 0 spiro atoms. The molecule has 0 bridgehead atoms. The van der Waals surface area contributed by atoms with Gasteiger partial charge in [0.2, 0.25) is 0 Å². The van der Waals surface area contributed by atoms with E-state index >= 15 is 0 Å². The molecule has 3 aromatic rings. The van der Waals surface area contributed by atoms with Crippen LogP contribution >= 0.6 is 0 Å². The number of rotatable bonds is 5. The van der Waals surface area contributed by atoms with Crippen LogP contribution in [0.4, 0.5) is 4.39 Å². The Morgan fingerprint density at radius 3 is 2.04 bits per heavy atom. The molecule has 4 heteroatoms. The van der Waals surface area contributed by atoms with Crippen LogP contribution in [0.15, 0.2) is 54.7 Å². The maximum absolute atomic E-state index is 13.0. The Morgan fingerprint density at radius 1 is 0.875 bits per heavy atom. The van der Waals surface area contributed by atoms with Crippen molar-refractivity contribution in [1.29, 1.82) is 0 Å². The summed E-state index contributed by atoms with van der Waals surface area (Å²) in [6.07, 6.45) is 2.97. The molecule has 0 saturated heterocycles. The van der Waals surface area contributed by atoms with E-state index in [0.29, 0.717) is 0 Å². The van der Waals surface area contributed by atoms with Crippen molar-refractivity contribution in [3.05, 3.63) is 66.2 Å². The number of nitrogens with zero attached hydrogens (tertiary/aromatic N) is 2. The van der Waals surface area contributed by atoms with Gasteiger partial charge in [-0.25, -0.2) is 14.4 Å². The summed E-state index contributed by atoms with van der Waals surface area (Å²) in [4.78, 5) is 9.33. The maximum Gasteiger partial charge on any atom is 0.159 e. The van der Waals surface area contributed by atoms with Crippen molar-refractivity contribution >= 4 is 14.7 Å². The standard InChI is InChI=1S/C20H21FN2Si/c1-3-18-19(24-4-2)13-22-20(23-18)16-7-5-14(6-8-16)15-9-11-17(21)12-10-15/h5-13H,3-4,24H2,1-2H3. The summed E-state index contributed by atoms with van der Waals surface area (Å²) in [6, 6.07) is 15.9. The molecular formula is C20H21FN2Si. The molecule has 0 amide bonds. The van der Waals surface area contributed by atoms with Gasteiger partial charge in [-0.1, -0.05) is 56.3 Å². The SMILES string of the molecule is CC[SiH2]c1cnc(-c2ccc(-c3ccc(F)cc3)cc2)nc1CC. The fraction of sp³-hybridized carbons (Fsp3) is 0.200. The molecule has 3 rings (SSSR count). The summed E-state index contributed by atoms with van der Waals surface area (Å²) < 4.78 is 13.0. The van der Waals surface area contributed by atoms with Gasteiger partial charge in [0.1, 0.15) is 5.82 Å². The first-order valence-corrected chi connectivity index (χ1v) is 10.1. The summed E-state index contributed by atoms with van der Waals surface area (Å²) in [7, 11) is -0.237. The molecule has 0 unspecified atom stereocenters. The Balaban J connectivity index is 1.89. The van der Waals surface area contributed by atoms with Gasteiger partial charge in [0.05, 0.1) is 9.52 Å². The summed E-state index contributed by atoms with van der Waals surface area (Å²) in [5.74, 6) is 0.568. The molecule has 0 radical (unpaired) electrons. The molecule has 0 aliphatic carbocycles. The summed E-state index contributed by atoms with van der Waals surface area (Å²) in [6.45, 7) is 4.38. The smallest absolute Gasteiger partial charge is 0.159 e. The van der Waals surface area contributed by atoms with Crippen molar-refractivity contribution in [2.24, 2.45) is 0 Å². The van der Waals surface area contributed by atoms with E-state index in [1.54, 1.807) is 12.1 Å². The molecule has 0 atom stereocenters. The topological polar surface area (TPSA) is 25.8 Å². The van der Waals surface area contributed by atoms with E-state index in [0.717, 1.165) is 28.9 Å². The first-order chi connectivity index (χ1) is 11.7. The highest BCUT2D eigenvalue weighted by molar-refractivity contribution is 6.53. The van der Waals surface area contributed by atoms with Crippen molar-refractivity contribution in [2.75, 3.05) is 0 Å². The number of hydrogen-bond acceptors (Lipinski definition) is 2. The van der Waals surface area contributed by atoms with Gasteiger partial charge in [-0.15, -0.1) is 0 Å². The minimum Gasteiger partial charge on any atom is -0.237 e. The van der Waals surface area contributed by atoms with Gasteiger partial charge in [0.25, 0.3) is 0 Å². The summed E-state index contributed by atoms with van der Waals surface area (Å²) in [5.41, 5.74) is 4.27. The second-order valence-corrected chi connectivity index (χ2v) is 8.12. The molecule has 0 aliphatic heterocycles. The van der Waals surface area contributed by atoms with E-state index in [2.05, 4.69) is 18.8 Å². The maximum atomic E-state index is 13.0. The van der Waals surface area contributed by atoms with E-state index in [1.807, 2.05) is 30.5 Å². The van der Waals surface area contributed by atoms with E-state index in [1.165, 1.54) is 29.1 Å². The highest BCUT2D eigenvalue weighted by atomic mass is 28.2. The zero-order valence-corrected chi connectivity index (χ0v) is 15.5. The summed E-state index contributed by atoms with van der Waals surface area (Å²) >= 11 is 0. The van der Waals surface area contributed by atoms with Crippen LogP contribution in [0.25, 0.3) is 22.5 Å². The quantitative estimate of drug-likeness (QED) is 0.663. The van der Waals surface area contributed by atoms with Gasteiger partial charge < -0.3 is 0 Å². The molecule has 122 valence electrons. The fourth-order valence-corrected chi connectivity index (χ4v) is 4.20. The second kappa shape index (κ2) is 7.49. The molecule has 0 fully saturated rings. The first-order valence-electron chi connectivity index (χ1n) is 8.42. The van der Waals surface area contributed by atoms with Crippen LogP contribution in [-0.2, 0) is 6.42 Å². The molecule has 0 N–H and O–H groups in total. The van der Waals surface area contributed by atoms with Crippen LogP contribution in [0, 0.1) is 5.82 Å². The van der Waals surface area contributed by atoms with Gasteiger partial charge >= 0.3 is 0 Å². The van der Waals surface area contributed by atoms with Gasteiger partial charge in [-0.3, -0.25) is 0 Å². The lowest BCUT2D eigenvalue weighted by Gasteiger charge is -2.09. The van der Waals surface area contributed by atoms with Crippen LogP contribution in [-0.4, -0.2) is 19.5 Å². The van der Waals surface area contributed by atoms with E-state index in [-0.39, 0.29) is 15.3 Å². The van der Waals surface area contributed by atoms with Crippen molar-refractivity contribution in [3.63, 3.8) is 0 Å². The van der Waals surface area contributed by atoms with Crippen LogP contribution in [0.3, 0.4) is 0 Å². The molecule has 0 saturated carbocycles. The molecule has 2 aromatic carbocycles. The third-order valence-electron chi connectivity index (χ3n) is 4.13. The van der Waals surface area contributed by atoms with Crippen LogP contribution < -0.4 is 5.19 Å². The molecule has 0 aliphatic rings. The minimum absolute atomic E-state index is 0.216. The van der Waals surface area contributed by atoms with E-state index in [4.69, 9.17) is 4.98 Å². The highest BCUT2D eigenvalue weighted by Crippen LogP contribution is 2.23. The van der Waals surface area contributed by atoms with Gasteiger partial charge in [0.15, 0.2) is 5.82 Å². The lowest BCUT2D eigenvalue weighted by molar-refractivity contribution is 0.628. The Kier molecular flexibility index (Phi) is 5.16. The van der Waals surface area contributed by atoms with Gasteiger partial charge in [-0.2, -0.15) is 0 Å². The number of aryl methyl sites for hydroxylation is 1. The third-order valence-corrected chi connectivity index (χ3v) is 5.76. The zero-order valence-electron chi connectivity index (χ0n) is 14.1. The zero-order chi connectivity index (χ0) is 16.9. The normalized spacial score (nSPS) is 11.3. The Hall–Kier alpha value is -2.33. The Labute approximate surface area is 144 Å². The summed E-state index contributed by atoms with van der Waals surface area (Å²) in [5, 5.41) is 1.38. The van der Waals surface area contributed by atoms with Crippen LogP contribution in [0.2, 0.25) is 6.04 Å². The van der Waals surface area contributed by atoms with Crippen molar-refractivity contribution in [3.8, 4) is 22.5 Å². The lowest BCUT2D eigenvalue weighted by Crippen LogP contribution is -2.21. The largest absolute Gasteiger partial charge is 0.237 e. The molecule has 1 aromatic heterocycles. The van der Waals surface area contributed by atoms with Crippen molar-refractivity contribution in [1.82, 2.24) is 9.97 Å². The van der Waals surface area contributed by atoms with Crippen molar-refractivity contribution < 1.29 is 4.39 Å². The molecular weight excluding hydrogens is 315 g/mol. The van der Waals surface area contributed by atoms with Crippen molar-refractivity contribution in [2.45, 2.75) is 26.3 Å². The van der Waals surface area contributed by atoms with E-state index < -0.39 is 0 Å². The average Bonchev–Trinajstić information content (AvgIpc) is 2.63. The predicted molar refractivity (Wildman–Crippen MR) is 101 cm³/mol. The predicted octanol–water partition coefficient (Wildman–Crippen LogP) is 3.74. The highest BCUT2D eigenvalue weighted by Gasteiger charge is 2.08. The van der Waals surface area contributed by atoms with Crippen LogP contribution in [0.5, 0.6) is 0 Å². The van der Waals surface area contributed by atoms with E-state index in [9.17, 15) is 4.39 Å². The lowest BCUT2D eigenvalue weighted by atomic mass is 10.0. The van der Waals surface area contributed by atoms with Gasteiger partial charge in [0, 0.05) is 17.5 Å². The number of aromatic nitrogens is 2.